The Bertz CT molecular complexity index is 1580. The van der Waals surface area contributed by atoms with Gasteiger partial charge in [0.2, 0.25) is 5.91 Å². The van der Waals surface area contributed by atoms with Crippen LogP contribution in [-0.4, -0.2) is 65.6 Å². The van der Waals surface area contributed by atoms with Crippen molar-refractivity contribution in [1.82, 2.24) is 34.4 Å². The zero-order chi connectivity index (χ0) is 26.1. The molecule has 2 fully saturated rings. The zero-order valence-electron chi connectivity index (χ0n) is 21.9. The number of aryl methyl sites for hydroxylation is 2. The molecule has 0 radical (unpaired) electrons. The average molecular weight is 511 g/mol. The number of hydrogen-bond acceptors (Lipinski definition) is 8. The van der Waals surface area contributed by atoms with Gasteiger partial charge in [0.25, 0.3) is 0 Å². The normalized spacial score (nSPS) is 22.4. The fraction of sp³-hybridized carbons (Fsp3) is 0.429. The number of nitrogens with zero attached hydrogens (tertiary/aromatic N) is 7. The predicted molar refractivity (Wildman–Crippen MR) is 142 cm³/mol. The van der Waals surface area contributed by atoms with E-state index in [9.17, 15) is 4.79 Å². The van der Waals surface area contributed by atoms with E-state index in [-0.39, 0.29) is 11.4 Å². The fourth-order valence-corrected chi connectivity index (χ4v) is 6.44. The van der Waals surface area contributed by atoms with E-state index < -0.39 is 5.54 Å². The van der Waals surface area contributed by atoms with Gasteiger partial charge in [0.15, 0.2) is 5.65 Å². The van der Waals surface area contributed by atoms with Gasteiger partial charge < -0.3 is 14.6 Å². The summed E-state index contributed by atoms with van der Waals surface area (Å²) in [5.41, 5.74) is 4.91. The van der Waals surface area contributed by atoms with Crippen molar-refractivity contribution in [3.8, 4) is 22.6 Å². The zero-order valence-corrected chi connectivity index (χ0v) is 21.9. The molecule has 1 amide bonds. The van der Waals surface area contributed by atoms with Gasteiger partial charge >= 0.3 is 0 Å². The van der Waals surface area contributed by atoms with Crippen LogP contribution in [0.3, 0.4) is 0 Å². The molecule has 5 heterocycles. The lowest BCUT2D eigenvalue weighted by Gasteiger charge is -2.57. The minimum Gasteiger partial charge on any atom is -0.378 e. The highest BCUT2D eigenvalue weighted by Crippen LogP contribution is 2.50. The standard InChI is InChI=1S/C28H30N8O2/c1-4-35-24(19-13-29-17(2)30-14-19)34-23-22(31-16-32-25(23)35)18-6-7-21-20(12-18)27(3,26(37)33-21)36-10-11-38-15-28(36)8-5-9-28/h6-7,12-14,16H,4-5,8-11,15H2,1-3H3,(H,33,37). The summed E-state index contributed by atoms with van der Waals surface area (Å²) < 4.78 is 7.94. The molecule has 1 aliphatic carbocycles. The van der Waals surface area contributed by atoms with Crippen LogP contribution in [-0.2, 0) is 21.6 Å². The number of aromatic nitrogens is 6. The Balaban J connectivity index is 1.37. The van der Waals surface area contributed by atoms with E-state index in [1.54, 1.807) is 18.7 Å². The van der Waals surface area contributed by atoms with Crippen molar-refractivity contribution in [1.29, 1.82) is 0 Å². The molecule has 2 aliphatic heterocycles. The van der Waals surface area contributed by atoms with Crippen LogP contribution in [0.4, 0.5) is 5.69 Å². The molecular weight excluding hydrogens is 480 g/mol. The van der Waals surface area contributed by atoms with Crippen molar-refractivity contribution in [2.45, 2.75) is 57.7 Å². The number of imidazole rings is 1. The van der Waals surface area contributed by atoms with E-state index >= 15 is 0 Å². The Labute approximate surface area is 220 Å². The Morgan fingerprint density at radius 3 is 2.66 bits per heavy atom. The molecule has 194 valence electrons. The van der Waals surface area contributed by atoms with Crippen molar-refractivity contribution >= 4 is 22.8 Å². The van der Waals surface area contributed by atoms with Crippen LogP contribution in [0, 0.1) is 6.92 Å². The second-order valence-electron chi connectivity index (χ2n) is 10.7. The summed E-state index contributed by atoms with van der Waals surface area (Å²) in [6.07, 6.45) is 8.44. The van der Waals surface area contributed by atoms with Crippen LogP contribution in [0.5, 0.6) is 0 Å². The smallest absolute Gasteiger partial charge is 0.249 e. The number of nitrogens with one attached hydrogen (secondary N) is 1. The summed E-state index contributed by atoms with van der Waals surface area (Å²) in [4.78, 5) is 38.9. The molecule has 38 heavy (non-hydrogen) atoms. The van der Waals surface area contributed by atoms with Gasteiger partial charge in [0.1, 0.15) is 34.7 Å². The highest BCUT2D eigenvalue weighted by atomic mass is 16.5. The minimum atomic E-state index is -0.783. The largest absolute Gasteiger partial charge is 0.378 e. The maximum atomic E-state index is 13.6. The molecule has 4 aromatic rings. The molecule has 3 aliphatic rings. The third kappa shape index (κ3) is 3.19. The Kier molecular flexibility index (Phi) is 5.15. The van der Waals surface area contributed by atoms with E-state index in [0.717, 1.165) is 65.4 Å². The van der Waals surface area contributed by atoms with Crippen LogP contribution < -0.4 is 5.32 Å². The predicted octanol–water partition coefficient (Wildman–Crippen LogP) is 3.70. The van der Waals surface area contributed by atoms with Crippen molar-refractivity contribution < 1.29 is 9.53 Å². The number of carbonyl (C=O) groups is 1. The summed E-state index contributed by atoms with van der Waals surface area (Å²) in [7, 11) is 0. The number of hydrogen-bond donors (Lipinski definition) is 1. The molecule has 1 aromatic carbocycles. The number of fused-ring (bicyclic) bond motifs is 2. The minimum absolute atomic E-state index is 0.0163. The lowest BCUT2D eigenvalue weighted by atomic mass is 9.71. The van der Waals surface area contributed by atoms with Crippen LogP contribution in [0.1, 0.15) is 44.5 Å². The van der Waals surface area contributed by atoms with Gasteiger partial charge in [-0.15, -0.1) is 0 Å². The first-order valence-corrected chi connectivity index (χ1v) is 13.3. The van der Waals surface area contributed by atoms with Crippen molar-refractivity contribution in [2.24, 2.45) is 0 Å². The maximum absolute atomic E-state index is 13.6. The number of anilines is 1. The second-order valence-corrected chi connectivity index (χ2v) is 10.7. The molecule has 7 rings (SSSR count). The molecule has 3 aromatic heterocycles. The van der Waals surface area contributed by atoms with E-state index in [2.05, 4.69) is 54.6 Å². The Hall–Kier alpha value is -3.76. The summed E-state index contributed by atoms with van der Waals surface area (Å²) in [6, 6.07) is 6.10. The SMILES string of the molecule is CCn1c(-c2cnc(C)nc2)nc2c(-c3ccc4c(c3)C(C)(N3CCOCC35CCC5)C(=O)N4)ncnc21. The summed E-state index contributed by atoms with van der Waals surface area (Å²) in [5.74, 6) is 1.48. The fourth-order valence-electron chi connectivity index (χ4n) is 6.44. The van der Waals surface area contributed by atoms with Crippen LogP contribution >= 0.6 is 0 Å². The Morgan fingerprint density at radius 1 is 1.11 bits per heavy atom. The first-order valence-electron chi connectivity index (χ1n) is 13.3. The quantitative estimate of drug-likeness (QED) is 0.442. The van der Waals surface area contributed by atoms with E-state index in [1.807, 2.05) is 19.1 Å². The van der Waals surface area contributed by atoms with Gasteiger partial charge in [-0.3, -0.25) is 9.69 Å². The number of ether oxygens (including phenoxy) is 1. The molecule has 10 heteroatoms. The van der Waals surface area contributed by atoms with Gasteiger partial charge in [0, 0.05) is 47.8 Å². The number of amides is 1. The highest BCUT2D eigenvalue weighted by molar-refractivity contribution is 6.06. The number of benzene rings is 1. The van der Waals surface area contributed by atoms with E-state index in [1.165, 1.54) is 0 Å². The highest BCUT2D eigenvalue weighted by Gasteiger charge is 2.57. The van der Waals surface area contributed by atoms with E-state index in [0.29, 0.717) is 31.1 Å². The molecular formula is C28H30N8O2. The van der Waals surface area contributed by atoms with Crippen LogP contribution in [0.15, 0.2) is 36.9 Å². The average Bonchev–Trinajstić information content (AvgIpc) is 3.42. The first kappa shape index (κ1) is 23.4. The summed E-state index contributed by atoms with van der Waals surface area (Å²) in [5, 5.41) is 3.15. The molecule has 1 saturated heterocycles. The molecule has 1 saturated carbocycles. The third-order valence-corrected chi connectivity index (χ3v) is 8.62. The van der Waals surface area contributed by atoms with Crippen molar-refractivity contribution in [2.75, 3.05) is 25.1 Å². The number of morpholine rings is 1. The molecule has 1 spiro atoms. The van der Waals surface area contributed by atoms with Crippen LogP contribution in [0.25, 0.3) is 33.8 Å². The van der Waals surface area contributed by atoms with Gasteiger partial charge in [-0.2, -0.15) is 0 Å². The van der Waals surface area contributed by atoms with Crippen molar-refractivity contribution in [3.05, 3.63) is 48.3 Å². The summed E-state index contributed by atoms with van der Waals surface area (Å²) >= 11 is 0. The molecule has 0 bridgehead atoms. The van der Waals surface area contributed by atoms with Gasteiger partial charge in [-0.25, -0.2) is 24.9 Å². The molecule has 1 atom stereocenters. The second kappa shape index (κ2) is 8.37. The van der Waals surface area contributed by atoms with Gasteiger partial charge in [-0.05, 0) is 52.2 Å². The van der Waals surface area contributed by atoms with Gasteiger partial charge in [0.05, 0.1) is 18.8 Å². The molecule has 10 nitrogen and oxygen atoms in total. The number of carbonyl (C=O) groups excluding carboxylic acids is 1. The molecule has 1 N–H and O–H groups in total. The third-order valence-electron chi connectivity index (χ3n) is 8.62. The van der Waals surface area contributed by atoms with Crippen LogP contribution in [0.2, 0.25) is 0 Å². The van der Waals surface area contributed by atoms with Crippen molar-refractivity contribution in [3.63, 3.8) is 0 Å². The number of rotatable bonds is 4. The summed E-state index contributed by atoms with van der Waals surface area (Å²) in [6.45, 7) is 8.72. The monoisotopic (exact) mass is 510 g/mol. The Morgan fingerprint density at radius 2 is 1.92 bits per heavy atom. The topological polar surface area (TPSA) is 111 Å². The molecule has 1 unspecified atom stereocenters. The van der Waals surface area contributed by atoms with E-state index in [4.69, 9.17) is 9.72 Å². The lowest BCUT2D eigenvalue weighted by Crippen LogP contribution is -2.68. The maximum Gasteiger partial charge on any atom is 0.249 e. The first-order chi connectivity index (χ1) is 18.4. The lowest BCUT2D eigenvalue weighted by molar-refractivity contribution is -0.163. The van der Waals surface area contributed by atoms with Gasteiger partial charge in [-0.1, -0.05) is 6.07 Å².